The molecule has 2 aliphatic rings. The minimum atomic E-state index is 0.403. The molecule has 0 spiro atoms. The fourth-order valence-electron chi connectivity index (χ4n) is 2.33. The molecular formula is C9H16N2. The topological polar surface area (TPSA) is 38.0 Å². The van der Waals surface area contributed by atoms with Crippen molar-refractivity contribution in [2.45, 2.75) is 19.4 Å². The van der Waals surface area contributed by atoms with Gasteiger partial charge in [0.05, 0.1) is 0 Å². The third-order valence-corrected chi connectivity index (χ3v) is 2.92. The number of fused-ring (bicyclic) bond motifs is 1. The fourth-order valence-corrected chi connectivity index (χ4v) is 2.33. The summed E-state index contributed by atoms with van der Waals surface area (Å²) in [5.74, 6) is 1.43. The zero-order valence-corrected chi connectivity index (χ0v) is 7.01. The number of nitrogens with two attached hydrogens (primary N) is 1. The van der Waals surface area contributed by atoms with Crippen LogP contribution < -0.4 is 11.1 Å². The maximum Gasteiger partial charge on any atom is 0.0123 e. The van der Waals surface area contributed by atoms with Crippen LogP contribution in [0.25, 0.3) is 0 Å². The Morgan fingerprint density at radius 2 is 2.36 bits per heavy atom. The first-order chi connectivity index (χ1) is 5.27. The van der Waals surface area contributed by atoms with Crippen LogP contribution in [0.5, 0.6) is 0 Å². The van der Waals surface area contributed by atoms with Crippen LogP contribution in [0.15, 0.2) is 11.6 Å². The first kappa shape index (κ1) is 7.32. The van der Waals surface area contributed by atoms with E-state index in [0.717, 1.165) is 25.4 Å². The van der Waals surface area contributed by atoms with Crippen molar-refractivity contribution in [3.8, 4) is 0 Å². The Hall–Kier alpha value is -0.340. The second kappa shape index (κ2) is 2.61. The van der Waals surface area contributed by atoms with Crippen LogP contribution in [0, 0.1) is 11.8 Å². The van der Waals surface area contributed by atoms with Crippen molar-refractivity contribution >= 4 is 0 Å². The highest BCUT2D eigenvalue weighted by Gasteiger charge is 2.33. The average molecular weight is 152 g/mol. The highest BCUT2D eigenvalue weighted by molar-refractivity contribution is 5.13. The maximum atomic E-state index is 6.03. The molecule has 3 N–H and O–H groups in total. The summed E-state index contributed by atoms with van der Waals surface area (Å²) in [7, 11) is 0. The molecule has 0 amide bonds. The molecule has 0 aromatic rings. The number of rotatable bonds is 0. The summed E-state index contributed by atoms with van der Waals surface area (Å²) in [6.07, 6.45) is 3.50. The van der Waals surface area contributed by atoms with Gasteiger partial charge in [-0.25, -0.2) is 0 Å². The van der Waals surface area contributed by atoms with E-state index in [9.17, 15) is 0 Å². The minimum Gasteiger partial charge on any atom is -0.327 e. The Morgan fingerprint density at radius 3 is 3.18 bits per heavy atom. The summed E-state index contributed by atoms with van der Waals surface area (Å²) in [6.45, 7) is 4.44. The second-order valence-corrected chi connectivity index (χ2v) is 3.87. The van der Waals surface area contributed by atoms with Crippen LogP contribution in [0.1, 0.15) is 13.3 Å². The smallest absolute Gasteiger partial charge is 0.0123 e. The lowest BCUT2D eigenvalue weighted by Gasteiger charge is -2.28. The lowest BCUT2D eigenvalue weighted by molar-refractivity contribution is 0.373. The molecular weight excluding hydrogens is 136 g/mol. The van der Waals surface area contributed by atoms with E-state index in [4.69, 9.17) is 5.73 Å². The second-order valence-electron chi connectivity index (χ2n) is 3.87. The quantitative estimate of drug-likeness (QED) is 0.496. The largest absolute Gasteiger partial charge is 0.327 e. The van der Waals surface area contributed by atoms with Gasteiger partial charge in [0.2, 0.25) is 0 Å². The number of hydrogen-bond donors (Lipinski definition) is 2. The molecule has 1 aliphatic carbocycles. The number of nitrogens with one attached hydrogen (secondary N) is 1. The summed E-state index contributed by atoms with van der Waals surface area (Å²) in [4.78, 5) is 0. The van der Waals surface area contributed by atoms with E-state index in [1.54, 1.807) is 0 Å². The molecule has 11 heavy (non-hydrogen) atoms. The predicted molar refractivity (Wildman–Crippen MR) is 46.2 cm³/mol. The van der Waals surface area contributed by atoms with E-state index < -0.39 is 0 Å². The van der Waals surface area contributed by atoms with E-state index >= 15 is 0 Å². The van der Waals surface area contributed by atoms with Gasteiger partial charge in [-0.05, 0) is 25.2 Å². The minimum absolute atomic E-state index is 0.403. The third-order valence-electron chi connectivity index (χ3n) is 2.92. The van der Waals surface area contributed by atoms with Gasteiger partial charge in [0.1, 0.15) is 0 Å². The Kier molecular flexibility index (Phi) is 1.74. The highest BCUT2D eigenvalue weighted by Crippen LogP contribution is 2.29. The first-order valence-corrected chi connectivity index (χ1v) is 4.41. The van der Waals surface area contributed by atoms with Gasteiger partial charge in [-0.1, -0.05) is 11.6 Å². The van der Waals surface area contributed by atoms with E-state index in [2.05, 4.69) is 18.3 Å². The van der Waals surface area contributed by atoms with Crippen molar-refractivity contribution in [1.82, 2.24) is 5.32 Å². The SMILES string of the molecule is CC1=CC2CNCC2C(N)C1. The molecule has 62 valence electrons. The molecule has 1 aliphatic heterocycles. The zero-order chi connectivity index (χ0) is 7.84. The van der Waals surface area contributed by atoms with Gasteiger partial charge in [0, 0.05) is 19.1 Å². The van der Waals surface area contributed by atoms with E-state index in [1.807, 2.05) is 0 Å². The Labute approximate surface area is 67.8 Å². The van der Waals surface area contributed by atoms with Crippen molar-refractivity contribution in [3.63, 3.8) is 0 Å². The van der Waals surface area contributed by atoms with Gasteiger partial charge in [0.15, 0.2) is 0 Å². The Morgan fingerprint density at radius 1 is 1.55 bits per heavy atom. The molecule has 0 aromatic carbocycles. The number of hydrogen-bond acceptors (Lipinski definition) is 2. The van der Waals surface area contributed by atoms with Crippen molar-refractivity contribution in [2.75, 3.05) is 13.1 Å². The highest BCUT2D eigenvalue weighted by atomic mass is 14.9. The van der Waals surface area contributed by atoms with E-state index in [-0.39, 0.29) is 0 Å². The van der Waals surface area contributed by atoms with E-state index in [0.29, 0.717) is 12.0 Å². The van der Waals surface area contributed by atoms with Gasteiger partial charge in [-0.3, -0.25) is 0 Å². The summed E-state index contributed by atoms with van der Waals surface area (Å²) in [5, 5.41) is 3.39. The zero-order valence-electron chi connectivity index (χ0n) is 7.01. The Bertz CT molecular complexity index is 186. The van der Waals surface area contributed by atoms with Crippen LogP contribution in [0.3, 0.4) is 0 Å². The van der Waals surface area contributed by atoms with Gasteiger partial charge in [-0.2, -0.15) is 0 Å². The molecule has 3 atom stereocenters. The first-order valence-electron chi connectivity index (χ1n) is 4.41. The lowest BCUT2D eigenvalue weighted by atomic mass is 9.80. The van der Waals surface area contributed by atoms with Crippen LogP contribution in [0.4, 0.5) is 0 Å². The standard InChI is InChI=1S/C9H16N2/c1-6-2-7-4-11-5-8(7)9(10)3-6/h2,7-9,11H,3-5,10H2,1H3. The predicted octanol–water partition coefficient (Wildman–Crippen LogP) is 0.499. The molecule has 1 saturated heterocycles. The van der Waals surface area contributed by atoms with Gasteiger partial charge >= 0.3 is 0 Å². The molecule has 0 aromatic heterocycles. The maximum absolute atomic E-state index is 6.03. The van der Waals surface area contributed by atoms with Crippen molar-refractivity contribution in [1.29, 1.82) is 0 Å². The fraction of sp³-hybridized carbons (Fsp3) is 0.778. The molecule has 0 bridgehead atoms. The summed E-state index contributed by atoms with van der Waals surface area (Å²) in [6, 6.07) is 0.403. The third kappa shape index (κ3) is 1.21. The van der Waals surface area contributed by atoms with Crippen molar-refractivity contribution < 1.29 is 0 Å². The molecule has 3 unspecified atom stereocenters. The van der Waals surface area contributed by atoms with Gasteiger partial charge < -0.3 is 11.1 Å². The van der Waals surface area contributed by atoms with Crippen LogP contribution in [-0.4, -0.2) is 19.1 Å². The molecule has 1 fully saturated rings. The monoisotopic (exact) mass is 152 g/mol. The summed E-state index contributed by atoms with van der Waals surface area (Å²) < 4.78 is 0. The van der Waals surface area contributed by atoms with Gasteiger partial charge in [0.25, 0.3) is 0 Å². The van der Waals surface area contributed by atoms with E-state index in [1.165, 1.54) is 5.57 Å². The Balaban J connectivity index is 2.18. The van der Waals surface area contributed by atoms with Crippen LogP contribution >= 0.6 is 0 Å². The van der Waals surface area contributed by atoms with Crippen molar-refractivity contribution in [2.24, 2.45) is 17.6 Å². The molecule has 0 saturated carbocycles. The van der Waals surface area contributed by atoms with Gasteiger partial charge in [-0.15, -0.1) is 0 Å². The van der Waals surface area contributed by atoms with Crippen LogP contribution in [-0.2, 0) is 0 Å². The lowest BCUT2D eigenvalue weighted by Crippen LogP contribution is -2.37. The van der Waals surface area contributed by atoms with Crippen LogP contribution in [0.2, 0.25) is 0 Å². The molecule has 1 heterocycles. The normalized spacial score (nSPS) is 43.5. The molecule has 2 rings (SSSR count). The average Bonchev–Trinajstić information content (AvgIpc) is 2.34. The molecule has 2 heteroatoms. The summed E-state index contributed by atoms with van der Waals surface area (Å²) >= 11 is 0. The molecule has 2 nitrogen and oxygen atoms in total. The summed E-state index contributed by atoms with van der Waals surface area (Å²) in [5.41, 5.74) is 7.50. The molecule has 0 radical (unpaired) electrons. The van der Waals surface area contributed by atoms with Crippen molar-refractivity contribution in [3.05, 3.63) is 11.6 Å².